The Labute approximate surface area is 119 Å². The minimum absolute atomic E-state index is 0.404. The number of amides is 3. The van der Waals surface area contributed by atoms with Gasteiger partial charge in [0.25, 0.3) is 5.91 Å². The molecule has 9 heteroatoms. The van der Waals surface area contributed by atoms with E-state index in [1.165, 1.54) is 0 Å². The summed E-state index contributed by atoms with van der Waals surface area (Å²) < 4.78 is 18.4. The second kappa shape index (κ2) is 6.64. The zero-order valence-electron chi connectivity index (χ0n) is 11.3. The van der Waals surface area contributed by atoms with Crippen LogP contribution in [-0.4, -0.2) is 23.0 Å². The maximum atomic E-state index is 13.2. The van der Waals surface area contributed by atoms with Crippen LogP contribution in [0.1, 0.15) is 13.8 Å². The number of benzene rings is 1. The van der Waals surface area contributed by atoms with Crippen molar-refractivity contribution in [3.05, 3.63) is 34.1 Å². The largest absolute Gasteiger partial charge is 0.473 e. The third kappa shape index (κ3) is 4.41. The molecule has 0 saturated heterocycles. The number of ether oxygens (including phenoxy) is 1. The summed E-state index contributed by atoms with van der Waals surface area (Å²) in [5.74, 6) is -2.46. The van der Waals surface area contributed by atoms with Crippen LogP contribution in [0.15, 0.2) is 18.2 Å². The van der Waals surface area contributed by atoms with E-state index in [-0.39, 0.29) is 0 Å². The van der Waals surface area contributed by atoms with E-state index in [0.29, 0.717) is 0 Å². The highest BCUT2D eigenvalue weighted by Crippen LogP contribution is 2.29. The molecule has 1 aromatic rings. The van der Waals surface area contributed by atoms with Crippen molar-refractivity contribution in [2.75, 3.05) is 0 Å². The van der Waals surface area contributed by atoms with E-state index in [1.54, 1.807) is 13.8 Å². The van der Waals surface area contributed by atoms with E-state index >= 15 is 0 Å². The highest BCUT2D eigenvalue weighted by molar-refractivity contribution is 5.96. The van der Waals surface area contributed by atoms with Gasteiger partial charge in [-0.15, -0.1) is 0 Å². The lowest BCUT2D eigenvalue weighted by molar-refractivity contribution is -0.386. The van der Waals surface area contributed by atoms with Crippen molar-refractivity contribution in [2.45, 2.75) is 20.0 Å². The molecule has 0 aliphatic heterocycles. The lowest BCUT2D eigenvalue weighted by Gasteiger charge is -2.20. The molecule has 0 aromatic heterocycles. The van der Waals surface area contributed by atoms with E-state index in [1.807, 2.05) is 5.32 Å². The number of urea groups is 1. The number of imide groups is 1. The van der Waals surface area contributed by atoms with Gasteiger partial charge in [-0.3, -0.25) is 20.2 Å². The first kappa shape index (κ1) is 16.3. The number of hydrogen-bond acceptors (Lipinski definition) is 5. The Kier molecular flexibility index (Phi) is 5.17. The van der Waals surface area contributed by atoms with Gasteiger partial charge in [-0.2, -0.15) is 0 Å². The fourth-order valence-corrected chi connectivity index (χ4v) is 1.55. The summed E-state index contributed by atoms with van der Waals surface area (Å²) in [6.07, 6.45) is -1.24. The molecular formula is C12H14FN3O5. The molecule has 1 rings (SSSR count). The fraction of sp³-hybridized carbons (Fsp3) is 0.333. The maximum Gasteiger partial charge on any atom is 0.318 e. The van der Waals surface area contributed by atoms with Gasteiger partial charge in [-0.25, -0.2) is 9.18 Å². The monoisotopic (exact) mass is 299 g/mol. The summed E-state index contributed by atoms with van der Waals surface area (Å²) >= 11 is 0. The summed E-state index contributed by atoms with van der Waals surface area (Å²) in [5.41, 5.74) is 4.34. The molecule has 0 bridgehead atoms. The zero-order valence-corrected chi connectivity index (χ0v) is 11.3. The summed E-state index contributed by atoms with van der Waals surface area (Å²) in [4.78, 5) is 32.5. The normalized spacial score (nSPS) is 11.8. The Morgan fingerprint density at radius 3 is 2.52 bits per heavy atom. The van der Waals surface area contributed by atoms with Gasteiger partial charge in [0.2, 0.25) is 5.75 Å². The van der Waals surface area contributed by atoms with Crippen LogP contribution >= 0.6 is 0 Å². The molecule has 1 atom stereocenters. The second-order valence-corrected chi connectivity index (χ2v) is 4.51. The number of carbonyl (C=O) groups excluding carboxylic acids is 2. The number of nitrogens with zero attached hydrogens (tertiary/aromatic N) is 1. The maximum absolute atomic E-state index is 13.2. The van der Waals surface area contributed by atoms with Gasteiger partial charge in [0.1, 0.15) is 5.82 Å². The molecule has 3 amide bonds. The number of nitrogens with one attached hydrogen (secondary N) is 1. The molecule has 8 nitrogen and oxygen atoms in total. The molecule has 0 heterocycles. The highest BCUT2D eigenvalue weighted by Gasteiger charge is 2.28. The van der Waals surface area contributed by atoms with Crippen molar-refractivity contribution in [3.63, 3.8) is 0 Å². The SMILES string of the molecule is CC(C)[C@@H](Oc1cc(F)ccc1[N+](=O)[O-])C(=O)NC(N)=O. The number of hydrogen-bond donors (Lipinski definition) is 2. The Morgan fingerprint density at radius 2 is 2.05 bits per heavy atom. The predicted octanol–water partition coefficient (Wildman–Crippen LogP) is 1.33. The first-order valence-electron chi connectivity index (χ1n) is 5.93. The Hall–Kier alpha value is -2.71. The molecule has 0 saturated carbocycles. The standard InChI is InChI=1S/C12H14FN3O5/c1-6(2)10(11(17)15-12(14)18)21-9-5-7(13)3-4-8(9)16(19)20/h3-6,10H,1-2H3,(H3,14,15,17,18)/t10-/m1/s1. The first-order chi connectivity index (χ1) is 9.72. The lowest BCUT2D eigenvalue weighted by atomic mass is 10.1. The van der Waals surface area contributed by atoms with Crippen LogP contribution < -0.4 is 15.8 Å². The average Bonchev–Trinajstić information content (AvgIpc) is 2.34. The third-order valence-corrected chi connectivity index (χ3v) is 2.48. The van der Waals surface area contributed by atoms with Crippen molar-refractivity contribution in [2.24, 2.45) is 11.7 Å². The molecule has 0 fully saturated rings. The Balaban J connectivity index is 3.09. The van der Waals surface area contributed by atoms with Gasteiger partial charge in [0, 0.05) is 12.1 Å². The third-order valence-electron chi connectivity index (χ3n) is 2.48. The van der Waals surface area contributed by atoms with Crippen molar-refractivity contribution in [3.8, 4) is 5.75 Å². The van der Waals surface area contributed by atoms with Crippen LogP contribution in [0.2, 0.25) is 0 Å². The molecule has 0 spiro atoms. The molecule has 114 valence electrons. The van der Waals surface area contributed by atoms with Gasteiger partial charge in [0.15, 0.2) is 6.10 Å². The Morgan fingerprint density at radius 1 is 1.43 bits per heavy atom. The second-order valence-electron chi connectivity index (χ2n) is 4.51. The number of nitrogens with two attached hydrogens (primary N) is 1. The molecule has 0 aliphatic rings. The quantitative estimate of drug-likeness (QED) is 0.626. The van der Waals surface area contributed by atoms with Crippen LogP contribution in [0.3, 0.4) is 0 Å². The molecular weight excluding hydrogens is 285 g/mol. The number of nitro benzene ring substituents is 1. The van der Waals surface area contributed by atoms with Crippen LogP contribution in [0, 0.1) is 21.8 Å². The van der Waals surface area contributed by atoms with Crippen LogP contribution in [0.25, 0.3) is 0 Å². The zero-order chi connectivity index (χ0) is 16.2. The Bertz CT molecular complexity index is 576. The number of halogens is 1. The first-order valence-corrected chi connectivity index (χ1v) is 5.93. The van der Waals surface area contributed by atoms with Crippen molar-refractivity contribution >= 4 is 17.6 Å². The van der Waals surface area contributed by atoms with Gasteiger partial charge in [0.05, 0.1) is 4.92 Å². The van der Waals surface area contributed by atoms with Crippen molar-refractivity contribution in [1.82, 2.24) is 5.32 Å². The summed E-state index contributed by atoms with van der Waals surface area (Å²) in [7, 11) is 0. The van der Waals surface area contributed by atoms with Gasteiger partial charge < -0.3 is 10.5 Å². The van der Waals surface area contributed by atoms with E-state index in [0.717, 1.165) is 18.2 Å². The predicted molar refractivity (Wildman–Crippen MR) is 70.0 cm³/mol. The van der Waals surface area contributed by atoms with E-state index < -0.39 is 46.1 Å². The summed E-state index contributed by atoms with van der Waals surface area (Å²) in [5, 5.41) is 12.7. The van der Waals surface area contributed by atoms with Gasteiger partial charge >= 0.3 is 11.7 Å². The van der Waals surface area contributed by atoms with Gasteiger partial charge in [-0.05, 0) is 12.0 Å². The summed E-state index contributed by atoms with van der Waals surface area (Å²) in [6.45, 7) is 3.19. The summed E-state index contributed by atoms with van der Waals surface area (Å²) in [6, 6.07) is 1.54. The lowest BCUT2D eigenvalue weighted by Crippen LogP contribution is -2.46. The smallest absolute Gasteiger partial charge is 0.318 e. The fourth-order valence-electron chi connectivity index (χ4n) is 1.55. The van der Waals surface area contributed by atoms with E-state index in [9.17, 15) is 24.1 Å². The van der Waals surface area contributed by atoms with Crippen LogP contribution in [0.5, 0.6) is 5.75 Å². The highest BCUT2D eigenvalue weighted by atomic mass is 19.1. The molecule has 3 N–H and O–H groups in total. The minimum atomic E-state index is -1.24. The molecule has 1 aromatic carbocycles. The van der Waals surface area contributed by atoms with E-state index in [2.05, 4.69) is 0 Å². The van der Waals surface area contributed by atoms with Crippen LogP contribution in [0.4, 0.5) is 14.9 Å². The van der Waals surface area contributed by atoms with E-state index in [4.69, 9.17) is 10.5 Å². The number of nitro groups is 1. The molecule has 21 heavy (non-hydrogen) atoms. The van der Waals surface area contributed by atoms with Gasteiger partial charge in [-0.1, -0.05) is 13.8 Å². The van der Waals surface area contributed by atoms with Crippen LogP contribution in [-0.2, 0) is 4.79 Å². The number of rotatable bonds is 5. The minimum Gasteiger partial charge on any atom is -0.473 e. The molecule has 0 aliphatic carbocycles. The van der Waals surface area contributed by atoms with Crippen molar-refractivity contribution in [1.29, 1.82) is 0 Å². The molecule has 0 radical (unpaired) electrons. The topological polar surface area (TPSA) is 125 Å². The van der Waals surface area contributed by atoms with Crippen molar-refractivity contribution < 1.29 is 23.6 Å². The molecule has 0 unspecified atom stereocenters. The number of primary amides is 1. The number of carbonyl (C=O) groups is 2. The average molecular weight is 299 g/mol.